The van der Waals surface area contributed by atoms with Gasteiger partial charge in [0.05, 0.1) is 6.04 Å². The fourth-order valence-electron chi connectivity index (χ4n) is 2.53. The van der Waals surface area contributed by atoms with Crippen LogP contribution in [0, 0.1) is 0 Å². The summed E-state index contributed by atoms with van der Waals surface area (Å²) in [5.74, 6) is 0. The standard InChI is InChI=1S/C18H24FNO3/c1-12-13(2)20(16(21)22-17(3,4)5)23-15(18(12,6)19)14-10-8-7-9-11-14/h7-11,13,15H,1H2,2-6H3/t13-,15+,18+/m1/s1. The van der Waals surface area contributed by atoms with Crippen molar-refractivity contribution in [2.45, 2.75) is 58.0 Å². The molecule has 23 heavy (non-hydrogen) atoms. The first-order chi connectivity index (χ1) is 10.5. The Kier molecular flexibility index (Phi) is 4.53. The minimum absolute atomic E-state index is 0.281. The molecule has 0 bridgehead atoms. The summed E-state index contributed by atoms with van der Waals surface area (Å²) in [4.78, 5) is 18.1. The number of carbonyl (C=O) groups is 1. The first kappa shape index (κ1) is 17.5. The third kappa shape index (κ3) is 3.55. The molecule has 126 valence electrons. The number of hydroxylamine groups is 2. The number of ether oxygens (including phenoxy) is 1. The second-order valence-corrected chi connectivity index (χ2v) is 6.98. The van der Waals surface area contributed by atoms with Crippen molar-refractivity contribution in [1.82, 2.24) is 5.06 Å². The molecule has 1 heterocycles. The van der Waals surface area contributed by atoms with Crippen molar-refractivity contribution >= 4 is 6.09 Å². The lowest BCUT2D eigenvalue weighted by Gasteiger charge is -2.45. The molecule has 0 aromatic heterocycles. The van der Waals surface area contributed by atoms with Crippen LogP contribution >= 0.6 is 0 Å². The second kappa shape index (κ2) is 5.96. The van der Waals surface area contributed by atoms with E-state index in [0.29, 0.717) is 5.56 Å². The molecular formula is C18H24FNO3. The smallest absolute Gasteiger partial charge is 0.435 e. The lowest BCUT2D eigenvalue weighted by molar-refractivity contribution is -0.248. The average molecular weight is 321 g/mol. The van der Waals surface area contributed by atoms with Crippen LogP contribution in [-0.2, 0) is 9.57 Å². The average Bonchev–Trinajstić information content (AvgIpc) is 2.44. The maximum absolute atomic E-state index is 15.2. The number of rotatable bonds is 1. The summed E-state index contributed by atoms with van der Waals surface area (Å²) >= 11 is 0. The van der Waals surface area contributed by atoms with Gasteiger partial charge in [-0.2, -0.15) is 5.06 Å². The monoisotopic (exact) mass is 321 g/mol. The highest BCUT2D eigenvalue weighted by atomic mass is 19.1. The van der Waals surface area contributed by atoms with Gasteiger partial charge in [0.15, 0.2) is 5.67 Å². The number of amides is 1. The summed E-state index contributed by atoms with van der Waals surface area (Å²) in [5.41, 5.74) is -1.54. The van der Waals surface area contributed by atoms with Gasteiger partial charge in [-0.25, -0.2) is 9.18 Å². The van der Waals surface area contributed by atoms with E-state index < -0.39 is 29.5 Å². The van der Waals surface area contributed by atoms with Gasteiger partial charge in [-0.15, -0.1) is 0 Å². The summed E-state index contributed by atoms with van der Waals surface area (Å²) in [5, 5.41) is 1.08. The molecule has 0 radical (unpaired) electrons. The Balaban J connectivity index is 2.33. The first-order valence-electron chi connectivity index (χ1n) is 7.66. The van der Waals surface area contributed by atoms with Crippen molar-refractivity contribution in [3.8, 4) is 0 Å². The molecule has 3 atom stereocenters. The molecule has 2 rings (SSSR count). The Morgan fingerprint density at radius 1 is 1.35 bits per heavy atom. The molecule has 1 aromatic carbocycles. The molecule has 1 amide bonds. The number of benzene rings is 1. The van der Waals surface area contributed by atoms with Crippen LogP contribution in [0.5, 0.6) is 0 Å². The molecule has 0 unspecified atom stereocenters. The lowest BCUT2D eigenvalue weighted by atomic mass is 9.83. The highest BCUT2D eigenvalue weighted by molar-refractivity contribution is 5.68. The van der Waals surface area contributed by atoms with Gasteiger partial charge in [0, 0.05) is 0 Å². The zero-order chi connectivity index (χ0) is 17.4. The highest BCUT2D eigenvalue weighted by Gasteiger charge is 2.50. The van der Waals surface area contributed by atoms with Gasteiger partial charge in [0.2, 0.25) is 0 Å². The fourth-order valence-corrected chi connectivity index (χ4v) is 2.53. The van der Waals surface area contributed by atoms with E-state index in [1.807, 2.05) is 6.07 Å². The number of halogens is 1. The Bertz CT molecular complexity index is 592. The van der Waals surface area contributed by atoms with E-state index in [-0.39, 0.29) is 5.57 Å². The summed E-state index contributed by atoms with van der Waals surface area (Å²) in [7, 11) is 0. The SMILES string of the molecule is C=C1[C@@H](C)N(C(=O)OC(C)(C)C)O[C@@H](c2ccccc2)[C@@]1(C)F. The molecule has 1 aliphatic heterocycles. The van der Waals surface area contributed by atoms with Crippen LogP contribution in [0.3, 0.4) is 0 Å². The van der Waals surface area contributed by atoms with E-state index >= 15 is 4.39 Å². The number of alkyl halides is 1. The van der Waals surface area contributed by atoms with E-state index in [1.54, 1.807) is 52.0 Å². The van der Waals surface area contributed by atoms with Gasteiger partial charge in [-0.3, -0.25) is 4.84 Å². The van der Waals surface area contributed by atoms with E-state index in [1.165, 1.54) is 6.92 Å². The zero-order valence-electron chi connectivity index (χ0n) is 14.3. The minimum atomic E-state index is -1.79. The Morgan fingerprint density at radius 3 is 2.43 bits per heavy atom. The molecular weight excluding hydrogens is 297 g/mol. The van der Waals surface area contributed by atoms with Crippen LogP contribution in [0.1, 0.15) is 46.3 Å². The van der Waals surface area contributed by atoms with E-state index in [9.17, 15) is 4.79 Å². The molecule has 5 heteroatoms. The van der Waals surface area contributed by atoms with Crippen LogP contribution in [0.4, 0.5) is 9.18 Å². The predicted molar refractivity (Wildman–Crippen MR) is 86.5 cm³/mol. The van der Waals surface area contributed by atoms with Gasteiger partial charge in [0.25, 0.3) is 0 Å². The van der Waals surface area contributed by atoms with E-state index in [2.05, 4.69) is 6.58 Å². The Hall–Kier alpha value is -1.88. The third-order valence-electron chi connectivity index (χ3n) is 3.87. The van der Waals surface area contributed by atoms with Crippen LogP contribution in [0.15, 0.2) is 42.5 Å². The number of nitrogens with zero attached hydrogens (tertiary/aromatic N) is 1. The molecule has 0 N–H and O–H groups in total. The maximum Gasteiger partial charge on any atom is 0.435 e. The van der Waals surface area contributed by atoms with Crippen LogP contribution < -0.4 is 0 Å². The predicted octanol–water partition coefficient (Wildman–Crippen LogP) is 4.58. The molecule has 1 aliphatic rings. The molecule has 4 nitrogen and oxygen atoms in total. The third-order valence-corrected chi connectivity index (χ3v) is 3.87. The molecule has 1 fully saturated rings. The fraction of sp³-hybridized carbons (Fsp3) is 0.500. The second-order valence-electron chi connectivity index (χ2n) is 6.98. The van der Waals surface area contributed by atoms with Gasteiger partial charge in [0.1, 0.15) is 11.7 Å². The van der Waals surface area contributed by atoms with Crippen molar-refractivity contribution < 1.29 is 18.8 Å². The largest absolute Gasteiger partial charge is 0.442 e. The summed E-state index contributed by atoms with van der Waals surface area (Å²) in [6, 6.07) is 8.34. The van der Waals surface area contributed by atoms with Crippen LogP contribution in [0.2, 0.25) is 0 Å². The number of hydrogen-bond donors (Lipinski definition) is 0. The lowest BCUT2D eigenvalue weighted by Crippen LogP contribution is -2.54. The van der Waals surface area contributed by atoms with Gasteiger partial charge >= 0.3 is 6.09 Å². The number of carbonyl (C=O) groups excluding carboxylic acids is 1. The van der Waals surface area contributed by atoms with Gasteiger partial charge in [-0.05, 0) is 45.8 Å². The first-order valence-corrected chi connectivity index (χ1v) is 7.66. The molecule has 0 aliphatic carbocycles. The van der Waals surface area contributed by atoms with Crippen LogP contribution in [-0.4, -0.2) is 28.5 Å². The Morgan fingerprint density at radius 2 is 1.91 bits per heavy atom. The van der Waals surface area contributed by atoms with Crippen LogP contribution in [0.25, 0.3) is 0 Å². The van der Waals surface area contributed by atoms with Crippen molar-refractivity contribution in [2.75, 3.05) is 0 Å². The highest BCUT2D eigenvalue weighted by Crippen LogP contribution is 2.45. The van der Waals surface area contributed by atoms with Gasteiger partial charge in [-0.1, -0.05) is 36.9 Å². The van der Waals surface area contributed by atoms with E-state index in [0.717, 1.165) is 5.06 Å². The molecule has 1 aromatic rings. The number of hydrogen-bond acceptors (Lipinski definition) is 3. The topological polar surface area (TPSA) is 38.8 Å². The normalized spacial score (nSPS) is 28.6. The van der Waals surface area contributed by atoms with E-state index in [4.69, 9.17) is 9.57 Å². The maximum atomic E-state index is 15.2. The van der Waals surface area contributed by atoms with Crippen molar-refractivity contribution in [1.29, 1.82) is 0 Å². The summed E-state index contributed by atoms with van der Waals surface area (Å²) in [6.07, 6.45) is -1.61. The molecule has 0 saturated carbocycles. The Labute approximate surface area is 136 Å². The zero-order valence-corrected chi connectivity index (χ0v) is 14.3. The minimum Gasteiger partial charge on any atom is -0.442 e. The quantitative estimate of drug-likeness (QED) is 0.711. The van der Waals surface area contributed by atoms with Crippen molar-refractivity contribution in [2.24, 2.45) is 0 Å². The summed E-state index contributed by atoms with van der Waals surface area (Å²) < 4.78 is 20.6. The molecule has 0 spiro atoms. The molecule has 1 saturated heterocycles. The van der Waals surface area contributed by atoms with Gasteiger partial charge < -0.3 is 4.74 Å². The van der Waals surface area contributed by atoms with Crippen molar-refractivity contribution in [3.63, 3.8) is 0 Å². The summed E-state index contributed by atoms with van der Waals surface area (Å²) in [6.45, 7) is 12.2. The van der Waals surface area contributed by atoms with Crippen molar-refractivity contribution in [3.05, 3.63) is 48.0 Å².